The predicted molar refractivity (Wildman–Crippen MR) is 94.8 cm³/mol. The maximum Gasteiger partial charge on any atom is 0.327 e. The van der Waals surface area contributed by atoms with Crippen LogP contribution in [0.2, 0.25) is 0 Å². The molecule has 1 aliphatic heterocycles. The fraction of sp³-hybridized carbons (Fsp3) is 0.167. The molecular formula is C18H14N4O6. The molecule has 3 aromatic rings. The summed E-state index contributed by atoms with van der Waals surface area (Å²) in [5.74, 6) is -0.184. The van der Waals surface area contributed by atoms with Crippen LogP contribution >= 0.6 is 0 Å². The van der Waals surface area contributed by atoms with Gasteiger partial charge in [0.1, 0.15) is 12.1 Å². The maximum absolute atomic E-state index is 12.3. The Bertz CT molecular complexity index is 1130. The Labute approximate surface area is 157 Å². The van der Waals surface area contributed by atoms with Crippen molar-refractivity contribution in [1.82, 2.24) is 20.3 Å². The lowest BCUT2D eigenvalue weighted by Gasteiger charge is -2.08. The summed E-state index contributed by atoms with van der Waals surface area (Å²) in [6.45, 7) is -0.678. The molecule has 0 spiro atoms. The summed E-state index contributed by atoms with van der Waals surface area (Å²) in [4.78, 5) is 36.3. The summed E-state index contributed by atoms with van der Waals surface area (Å²) in [5.41, 5.74) is 0.336. The highest BCUT2D eigenvalue weighted by Crippen LogP contribution is 2.32. The Balaban J connectivity index is 1.33. The van der Waals surface area contributed by atoms with Crippen LogP contribution in [0.5, 0.6) is 11.5 Å². The van der Waals surface area contributed by atoms with Gasteiger partial charge in [-0.3, -0.25) is 14.4 Å². The molecule has 2 aromatic carbocycles. The van der Waals surface area contributed by atoms with Crippen LogP contribution < -0.4 is 20.3 Å². The van der Waals surface area contributed by atoms with E-state index in [1.807, 2.05) is 0 Å². The second-order valence-electron chi connectivity index (χ2n) is 5.81. The number of hydrogen-bond donors (Lipinski definition) is 1. The first kappa shape index (κ1) is 17.5. The third-order valence-corrected chi connectivity index (χ3v) is 4.01. The number of benzene rings is 2. The average molecular weight is 382 g/mol. The van der Waals surface area contributed by atoms with Crippen LogP contribution in [0.25, 0.3) is 10.9 Å². The van der Waals surface area contributed by atoms with E-state index in [1.54, 1.807) is 36.4 Å². The number of carbonyl (C=O) groups excluding carboxylic acids is 2. The monoisotopic (exact) mass is 382 g/mol. The Morgan fingerprint density at radius 2 is 1.96 bits per heavy atom. The lowest BCUT2D eigenvalue weighted by atomic mass is 10.2. The van der Waals surface area contributed by atoms with Gasteiger partial charge in [0.25, 0.3) is 11.5 Å². The summed E-state index contributed by atoms with van der Waals surface area (Å²) in [7, 11) is 0. The minimum atomic E-state index is -0.726. The minimum Gasteiger partial charge on any atom is -0.454 e. The third-order valence-electron chi connectivity index (χ3n) is 4.01. The van der Waals surface area contributed by atoms with Crippen molar-refractivity contribution in [2.75, 3.05) is 13.3 Å². The number of rotatable bonds is 5. The van der Waals surface area contributed by atoms with E-state index in [2.05, 4.69) is 15.6 Å². The van der Waals surface area contributed by atoms with Gasteiger partial charge in [-0.15, -0.1) is 5.10 Å². The van der Waals surface area contributed by atoms with Crippen molar-refractivity contribution < 1.29 is 23.8 Å². The third kappa shape index (κ3) is 3.47. The van der Waals surface area contributed by atoms with Gasteiger partial charge in [0.2, 0.25) is 6.79 Å². The van der Waals surface area contributed by atoms with Gasteiger partial charge >= 0.3 is 5.97 Å². The smallest absolute Gasteiger partial charge is 0.327 e. The van der Waals surface area contributed by atoms with Crippen LogP contribution in [0.15, 0.2) is 47.3 Å². The molecule has 2 heterocycles. The first-order valence-electron chi connectivity index (χ1n) is 8.28. The highest BCUT2D eigenvalue weighted by Gasteiger charge is 2.17. The maximum atomic E-state index is 12.3. The van der Waals surface area contributed by atoms with Gasteiger partial charge in [0.15, 0.2) is 18.2 Å². The molecule has 28 heavy (non-hydrogen) atoms. The zero-order valence-electron chi connectivity index (χ0n) is 14.5. The molecule has 1 aliphatic rings. The molecule has 142 valence electrons. The van der Waals surface area contributed by atoms with E-state index in [0.29, 0.717) is 28.0 Å². The van der Waals surface area contributed by atoms with E-state index in [1.165, 1.54) is 6.07 Å². The van der Waals surface area contributed by atoms with Crippen molar-refractivity contribution in [2.24, 2.45) is 0 Å². The first-order chi connectivity index (χ1) is 13.6. The second-order valence-corrected chi connectivity index (χ2v) is 5.81. The molecule has 0 fully saturated rings. The van der Waals surface area contributed by atoms with Gasteiger partial charge < -0.3 is 19.5 Å². The van der Waals surface area contributed by atoms with Crippen LogP contribution in [0.1, 0.15) is 10.4 Å². The fourth-order valence-electron chi connectivity index (χ4n) is 2.58. The number of carbonyl (C=O) groups is 2. The summed E-state index contributed by atoms with van der Waals surface area (Å²) < 4.78 is 16.3. The molecule has 1 amide bonds. The first-order valence-corrected chi connectivity index (χ1v) is 8.28. The zero-order valence-corrected chi connectivity index (χ0v) is 14.5. The topological polar surface area (TPSA) is 122 Å². The van der Waals surface area contributed by atoms with Gasteiger partial charge in [-0.2, -0.15) is 4.68 Å². The number of hydrogen-bond acceptors (Lipinski definition) is 8. The number of amides is 1. The largest absolute Gasteiger partial charge is 0.454 e. The molecule has 0 saturated carbocycles. The van der Waals surface area contributed by atoms with E-state index >= 15 is 0 Å². The molecule has 1 N–H and O–H groups in total. The Morgan fingerprint density at radius 3 is 2.86 bits per heavy atom. The lowest BCUT2D eigenvalue weighted by molar-refractivity contribution is -0.146. The molecule has 10 heteroatoms. The number of ether oxygens (including phenoxy) is 3. The van der Waals surface area contributed by atoms with Gasteiger partial charge in [-0.05, 0) is 30.3 Å². The van der Waals surface area contributed by atoms with Gasteiger partial charge in [0, 0.05) is 5.56 Å². The molecular weight excluding hydrogens is 368 g/mol. The lowest BCUT2D eigenvalue weighted by Crippen LogP contribution is -2.32. The standard InChI is InChI=1S/C18H14N4O6/c23-16(8-19-17(24)11-5-6-14-15(7-11)28-10-27-14)26-9-22-18(25)12-3-1-2-4-13(12)20-21-22/h1-7H,8-10H2,(H,19,24). The highest BCUT2D eigenvalue weighted by molar-refractivity contribution is 5.96. The second kappa shape index (κ2) is 7.35. The zero-order chi connectivity index (χ0) is 19.5. The summed E-state index contributed by atoms with van der Waals surface area (Å²) in [6.07, 6.45) is 0. The summed E-state index contributed by atoms with van der Waals surface area (Å²) in [5, 5.41) is 10.4. The highest BCUT2D eigenvalue weighted by atomic mass is 16.7. The van der Waals surface area contributed by atoms with Crippen LogP contribution in [-0.2, 0) is 16.3 Å². The molecule has 10 nitrogen and oxygen atoms in total. The van der Waals surface area contributed by atoms with E-state index in [-0.39, 0.29) is 13.3 Å². The quantitative estimate of drug-likeness (QED) is 0.631. The molecule has 4 rings (SSSR count). The van der Waals surface area contributed by atoms with Gasteiger partial charge in [-0.25, -0.2) is 0 Å². The number of nitrogens with zero attached hydrogens (tertiary/aromatic N) is 3. The van der Waals surface area contributed by atoms with Gasteiger partial charge in [-0.1, -0.05) is 17.3 Å². The van der Waals surface area contributed by atoms with Crippen molar-refractivity contribution in [3.05, 3.63) is 58.4 Å². The number of esters is 1. The van der Waals surface area contributed by atoms with Crippen molar-refractivity contribution in [2.45, 2.75) is 6.73 Å². The number of aromatic nitrogens is 3. The van der Waals surface area contributed by atoms with Crippen LogP contribution in [0, 0.1) is 0 Å². The van der Waals surface area contributed by atoms with E-state index < -0.39 is 24.2 Å². The number of nitrogens with one attached hydrogen (secondary N) is 1. The molecule has 0 radical (unpaired) electrons. The predicted octanol–water partition coefficient (Wildman–Crippen LogP) is 0.451. The van der Waals surface area contributed by atoms with Crippen molar-refractivity contribution in [1.29, 1.82) is 0 Å². The molecule has 0 unspecified atom stereocenters. The Morgan fingerprint density at radius 1 is 1.14 bits per heavy atom. The molecule has 0 aliphatic carbocycles. The molecule has 0 saturated heterocycles. The van der Waals surface area contributed by atoms with Crippen LogP contribution in [-0.4, -0.2) is 40.2 Å². The van der Waals surface area contributed by atoms with Crippen LogP contribution in [0.4, 0.5) is 0 Å². The molecule has 1 aromatic heterocycles. The normalized spacial score (nSPS) is 12.0. The summed E-state index contributed by atoms with van der Waals surface area (Å²) >= 11 is 0. The van der Waals surface area contributed by atoms with Crippen molar-refractivity contribution >= 4 is 22.8 Å². The minimum absolute atomic E-state index is 0.101. The van der Waals surface area contributed by atoms with Crippen molar-refractivity contribution in [3.8, 4) is 11.5 Å². The van der Waals surface area contributed by atoms with Crippen molar-refractivity contribution in [3.63, 3.8) is 0 Å². The van der Waals surface area contributed by atoms with Crippen LogP contribution in [0.3, 0.4) is 0 Å². The fourth-order valence-corrected chi connectivity index (χ4v) is 2.58. The Hall–Kier alpha value is -3.95. The SMILES string of the molecule is O=C(CNC(=O)c1ccc2c(c1)OCO2)OCn1nnc2ccccc2c1=O. The van der Waals surface area contributed by atoms with E-state index in [9.17, 15) is 14.4 Å². The molecule has 0 bridgehead atoms. The molecule has 0 atom stereocenters. The van der Waals surface area contributed by atoms with E-state index in [4.69, 9.17) is 14.2 Å². The number of fused-ring (bicyclic) bond motifs is 2. The Kier molecular flexibility index (Phi) is 4.58. The van der Waals surface area contributed by atoms with Gasteiger partial charge in [0.05, 0.1) is 5.39 Å². The summed E-state index contributed by atoms with van der Waals surface area (Å²) in [6, 6.07) is 11.4. The van der Waals surface area contributed by atoms with E-state index in [0.717, 1.165) is 4.68 Å². The average Bonchev–Trinajstić information content (AvgIpc) is 3.19.